The lowest BCUT2D eigenvalue weighted by molar-refractivity contribution is -0.185. The van der Waals surface area contributed by atoms with Crippen LogP contribution in [0, 0.1) is 0 Å². The summed E-state index contributed by atoms with van der Waals surface area (Å²) in [6.07, 6.45) is 4.39. The molecular formula is C11H22N2O2. The van der Waals surface area contributed by atoms with Crippen molar-refractivity contribution in [2.75, 3.05) is 39.4 Å². The van der Waals surface area contributed by atoms with Gasteiger partial charge >= 0.3 is 0 Å². The Morgan fingerprint density at radius 3 is 2.33 bits per heavy atom. The van der Waals surface area contributed by atoms with Crippen molar-refractivity contribution < 1.29 is 9.47 Å². The third kappa shape index (κ3) is 2.91. The van der Waals surface area contributed by atoms with Gasteiger partial charge in [-0.2, -0.15) is 0 Å². The van der Waals surface area contributed by atoms with Crippen LogP contribution in [0.5, 0.6) is 0 Å². The van der Waals surface area contributed by atoms with Crippen LogP contribution < -0.4 is 5.73 Å². The first-order valence-electron chi connectivity index (χ1n) is 6.05. The molecule has 4 nitrogen and oxygen atoms in total. The van der Waals surface area contributed by atoms with E-state index in [2.05, 4.69) is 4.90 Å². The average molecular weight is 214 g/mol. The predicted molar refractivity (Wildman–Crippen MR) is 58.6 cm³/mol. The van der Waals surface area contributed by atoms with Gasteiger partial charge in [-0.25, -0.2) is 0 Å². The normalized spacial score (nSPS) is 26.2. The summed E-state index contributed by atoms with van der Waals surface area (Å²) < 4.78 is 11.4. The molecule has 0 bridgehead atoms. The van der Waals surface area contributed by atoms with Crippen LogP contribution >= 0.6 is 0 Å². The van der Waals surface area contributed by atoms with Gasteiger partial charge in [-0.3, -0.25) is 0 Å². The SMILES string of the molecule is NCCCCN1CCC2(CC1)OCCO2. The maximum Gasteiger partial charge on any atom is 0.170 e. The Morgan fingerprint density at radius 1 is 1.07 bits per heavy atom. The summed E-state index contributed by atoms with van der Waals surface area (Å²) in [6.45, 7) is 5.73. The Morgan fingerprint density at radius 2 is 1.73 bits per heavy atom. The van der Waals surface area contributed by atoms with Gasteiger partial charge in [0.1, 0.15) is 0 Å². The Labute approximate surface area is 91.7 Å². The van der Waals surface area contributed by atoms with Gasteiger partial charge in [0, 0.05) is 25.9 Å². The number of unbranched alkanes of at least 4 members (excludes halogenated alkanes) is 1. The third-order valence-corrected chi connectivity index (χ3v) is 3.36. The lowest BCUT2D eigenvalue weighted by atomic mass is 10.0. The number of hydrogen-bond acceptors (Lipinski definition) is 4. The van der Waals surface area contributed by atoms with Gasteiger partial charge in [0.25, 0.3) is 0 Å². The van der Waals surface area contributed by atoms with Gasteiger partial charge < -0.3 is 20.1 Å². The highest BCUT2D eigenvalue weighted by Crippen LogP contribution is 2.31. The fourth-order valence-electron chi connectivity index (χ4n) is 2.38. The fraction of sp³-hybridized carbons (Fsp3) is 1.00. The summed E-state index contributed by atoms with van der Waals surface area (Å²) in [7, 11) is 0. The number of piperidine rings is 1. The summed E-state index contributed by atoms with van der Waals surface area (Å²) >= 11 is 0. The zero-order chi connectivity index (χ0) is 10.6. The molecular weight excluding hydrogens is 192 g/mol. The van der Waals surface area contributed by atoms with Crippen LogP contribution in [0.1, 0.15) is 25.7 Å². The van der Waals surface area contributed by atoms with Gasteiger partial charge in [-0.1, -0.05) is 0 Å². The molecule has 15 heavy (non-hydrogen) atoms. The van der Waals surface area contributed by atoms with Crippen molar-refractivity contribution in [1.29, 1.82) is 0 Å². The van der Waals surface area contributed by atoms with Gasteiger partial charge in [0.2, 0.25) is 0 Å². The fourth-order valence-corrected chi connectivity index (χ4v) is 2.38. The second kappa shape index (κ2) is 5.25. The van der Waals surface area contributed by atoms with Crippen LogP contribution in [-0.4, -0.2) is 50.1 Å². The van der Waals surface area contributed by atoms with E-state index >= 15 is 0 Å². The molecule has 0 atom stereocenters. The second-order valence-electron chi connectivity index (χ2n) is 4.45. The van der Waals surface area contributed by atoms with Crippen LogP contribution in [0.3, 0.4) is 0 Å². The number of nitrogens with two attached hydrogens (primary N) is 1. The number of ether oxygens (including phenoxy) is 2. The molecule has 2 aliphatic heterocycles. The third-order valence-electron chi connectivity index (χ3n) is 3.36. The molecule has 2 rings (SSSR count). The second-order valence-corrected chi connectivity index (χ2v) is 4.45. The summed E-state index contributed by atoms with van der Waals surface area (Å²) in [4.78, 5) is 2.49. The molecule has 0 radical (unpaired) electrons. The molecule has 88 valence electrons. The molecule has 2 saturated heterocycles. The molecule has 0 unspecified atom stereocenters. The topological polar surface area (TPSA) is 47.7 Å². The molecule has 2 aliphatic rings. The molecule has 0 aromatic heterocycles. The molecule has 0 aliphatic carbocycles. The van der Waals surface area contributed by atoms with Gasteiger partial charge in [0.15, 0.2) is 5.79 Å². The summed E-state index contributed by atoms with van der Waals surface area (Å²) in [5.41, 5.74) is 5.48. The number of nitrogens with zero attached hydrogens (tertiary/aromatic N) is 1. The average Bonchev–Trinajstić information content (AvgIpc) is 2.71. The highest BCUT2D eigenvalue weighted by molar-refractivity contribution is 4.82. The first-order chi connectivity index (χ1) is 7.35. The Bertz CT molecular complexity index is 183. The van der Waals surface area contributed by atoms with Crippen LogP contribution in [0.25, 0.3) is 0 Å². The van der Waals surface area contributed by atoms with E-state index in [4.69, 9.17) is 15.2 Å². The minimum absolute atomic E-state index is 0.218. The quantitative estimate of drug-likeness (QED) is 0.695. The zero-order valence-corrected chi connectivity index (χ0v) is 9.41. The van der Waals surface area contributed by atoms with E-state index in [1.54, 1.807) is 0 Å². The van der Waals surface area contributed by atoms with Gasteiger partial charge in [-0.05, 0) is 25.9 Å². The summed E-state index contributed by atoms with van der Waals surface area (Å²) in [5.74, 6) is -0.218. The summed E-state index contributed by atoms with van der Waals surface area (Å²) in [6, 6.07) is 0. The standard InChI is InChI=1S/C11H22N2O2/c12-5-1-2-6-13-7-3-11(4-8-13)14-9-10-15-11/h1-10,12H2. The molecule has 0 aromatic rings. The number of hydrogen-bond donors (Lipinski definition) is 1. The van der Waals surface area contributed by atoms with Crippen molar-refractivity contribution in [3.05, 3.63) is 0 Å². The zero-order valence-electron chi connectivity index (χ0n) is 9.41. The van der Waals surface area contributed by atoms with Crippen molar-refractivity contribution in [1.82, 2.24) is 4.90 Å². The predicted octanol–water partition coefficient (Wildman–Crippen LogP) is 0.564. The first-order valence-corrected chi connectivity index (χ1v) is 6.05. The Balaban J connectivity index is 1.67. The highest BCUT2D eigenvalue weighted by Gasteiger charge is 2.39. The van der Waals surface area contributed by atoms with E-state index in [0.29, 0.717) is 0 Å². The monoisotopic (exact) mass is 214 g/mol. The summed E-state index contributed by atoms with van der Waals surface area (Å²) in [5, 5.41) is 0. The minimum atomic E-state index is -0.218. The van der Waals surface area contributed by atoms with E-state index in [-0.39, 0.29) is 5.79 Å². The molecule has 0 saturated carbocycles. The number of likely N-dealkylation sites (tertiary alicyclic amines) is 1. The van der Waals surface area contributed by atoms with E-state index < -0.39 is 0 Å². The first kappa shape index (κ1) is 11.3. The van der Waals surface area contributed by atoms with Gasteiger partial charge in [-0.15, -0.1) is 0 Å². The van der Waals surface area contributed by atoms with E-state index in [1.165, 1.54) is 13.0 Å². The molecule has 4 heteroatoms. The van der Waals surface area contributed by atoms with E-state index in [1.807, 2.05) is 0 Å². The maximum atomic E-state index is 5.69. The maximum absolute atomic E-state index is 5.69. The molecule has 2 fully saturated rings. The molecule has 2 N–H and O–H groups in total. The molecule has 2 heterocycles. The van der Waals surface area contributed by atoms with E-state index in [0.717, 1.165) is 52.1 Å². The Hall–Kier alpha value is -0.160. The van der Waals surface area contributed by atoms with Crippen LogP contribution in [-0.2, 0) is 9.47 Å². The van der Waals surface area contributed by atoms with Crippen LogP contribution in [0.2, 0.25) is 0 Å². The smallest absolute Gasteiger partial charge is 0.170 e. The van der Waals surface area contributed by atoms with Crippen molar-refractivity contribution in [2.45, 2.75) is 31.5 Å². The molecule has 1 spiro atoms. The van der Waals surface area contributed by atoms with Crippen molar-refractivity contribution >= 4 is 0 Å². The largest absolute Gasteiger partial charge is 0.347 e. The van der Waals surface area contributed by atoms with Crippen molar-refractivity contribution in [3.8, 4) is 0 Å². The lowest BCUT2D eigenvalue weighted by Crippen LogP contribution is -2.45. The highest BCUT2D eigenvalue weighted by atomic mass is 16.7. The van der Waals surface area contributed by atoms with Crippen LogP contribution in [0.15, 0.2) is 0 Å². The Kier molecular flexibility index (Phi) is 3.97. The van der Waals surface area contributed by atoms with Gasteiger partial charge in [0.05, 0.1) is 13.2 Å². The lowest BCUT2D eigenvalue weighted by Gasteiger charge is -2.37. The molecule has 0 aromatic carbocycles. The van der Waals surface area contributed by atoms with Crippen molar-refractivity contribution in [2.24, 2.45) is 5.73 Å². The molecule has 0 amide bonds. The minimum Gasteiger partial charge on any atom is -0.347 e. The van der Waals surface area contributed by atoms with Crippen LogP contribution in [0.4, 0.5) is 0 Å². The van der Waals surface area contributed by atoms with E-state index in [9.17, 15) is 0 Å². The number of rotatable bonds is 4. The van der Waals surface area contributed by atoms with Crippen molar-refractivity contribution in [3.63, 3.8) is 0 Å².